The molecule has 3 N–H and O–H groups in total. The number of amides is 1. The number of rotatable bonds is 7. The third-order valence-corrected chi connectivity index (χ3v) is 4.33. The number of carbonyl (C=O) groups excluding carboxylic acids is 1. The molecule has 1 amide bonds. The fraction of sp³-hybridized carbons (Fsp3) is 0.316. The lowest BCUT2D eigenvalue weighted by atomic mass is 9.79. The minimum absolute atomic E-state index is 0.245. The fourth-order valence-electron chi connectivity index (χ4n) is 2.61. The molecule has 0 saturated heterocycles. The molecule has 0 saturated carbocycles. The molecule has 0 bridgehead atoms. The van der Waals surface area contributed by atoms with Gasteiger partial charge in [-0.3, -0.25) is 4.79 Å². The highest BCUT2D eigenvalue weighted by atomic mass is 16.1. The first kappa shape index (κ1) is 16.2. The standard InChI is InChI=1S/C19H24N2O/c1-15(16-9-5-3-6-10-16)21-14-13-19(2,18(20)22)17-11-7-4-8-12-17/h3-12,15,21H,13-14H2,1-2H3,(H2,20,22)/t15-,19?/m0/s1. The minimum atomic E-state index is -0.648. The van der Waals surface area contributed by atoms with E-state index in [2.05, 4.69) is 24.4 Å². The van der Waals surface area contributed by atoms with Gasteiger partial charge in [0.05, 0.1) is 5.41 Å². The van der Waals surface area contributed by atoms with Gasteiger partial charge in [-0.15, -0.1) is 0 Å². The molecule has 0 spiro atoms. The van der Waals surface area contributed by atoms with Crippen LogP contribution in [0.2, 0.25) is 0 Å². The van der Waals surface area contributed by atoms with Crippen molar-refractivity contribution >= 4 is 5.91 Å². The smallest absolute Gasteiger partial charge is 0.227 e. The molecule has 0 aliphatic carbocycles. The maximum Gasteiger partial charge on any atom is 0.227 e. The zero-order valence-corrected chi connectivity index (χ0v) is 13.3. The van der Waals surface area contributed by atoms with Crippen molar-refractivity contribution in [2.24, 2.45) is 5.73 Å². The van der Waals surface area contributed by atoms with E-state index >= 15 is 0 Å². The molecule has 2 aromatic rings. The fourth-order valence-corrected chi connectivity index (χ4v) is 2.61. The zero-order valence-electron chi connectivity index (χ0n) is 13.3. The van der Waals surface area contributed by atoms with E-state index in [0.29, 0.717) is 6.42 Å². The lowest BCUT2D eigenvalue weighted by molar-refractivity contribution is -0.123. The summed E-state index contributed by atoms with van der Waals surface area (Å²) in [7, 11) is 0. The molecule has 116 valence electrons. The molecule has 0 fully saturated rings. The number of hydrogen-bond donors (Lipinski definition) is 2. The molecule has 3 nitrogen and oxygen atoms in total. The van der Waals surface area contributed by atoms with Crippen LogP contribution in [0.15, 0.2) is 60.7 Å². The largest absolute Gasteiger partial charge is 0.369 e. The van der Waals surface area contributed by atoms with Crippen LogP contribution in [0.1, 0.15) is 37.4 Å². The normalized spacial score (nSPS) is 15.0. The van der Waals surface area contributed by atoms with E-state index in [-0.39, 0.29) is 11.9 Å². The first-order valence-corrected chi connectivity index (χ1v) is 7.68. The predicted molar refractivity (Wildman–Crippen MR) is 90.5 cm³/mol. The molecule has 2 rings (SSSR count). The van der Waals surface area contributed by atoms with Crippen LogP contribution in [0.5, 0.6) is 0 Å². The highest BCUT2D eigenvalue weighted by Crippen LogP contribution is 2.27. The quantitative estimate of drug-likeness (QED) is 0.824. The summed E-state index contributed by atoms with van der Waals surface area (Å²) in [4.78, 5) is 12.0. The van der Waals surface area contributed by atoms with Crippen molar-refractivity contribution < 1.29 is 4.79 Å². The number of hydrogen-bond acceptors (Lipinski definition) is 2. The van der Waals surface area contributed by atoms with Gasteiger partial charge in [0.2, 0.25) is 5.91 Å². The van der Waals surface area contributed by atoms with E-state index in [1.807, 2.05) is 55.5 Å². The maximum absolute atomic E-state index is 12.0. The third-order valence-electron chi connectivity index (χ3n) is 4.33. The second-order valence-corrected chi connectivity index (χ2v) is 5.90. The number of nitrogens with one attached hydrogen (secondary N) is 1. The summed E-state index contributed by atoms with van der Waals surface area (Å²) in [6.45, 7) is 4.77. The minimum Gasteiger partial charge on any atom is -0.369 e. The molecular formula is C19H24N2O. The molecule has 2 aromatic carbocycles. The molecule has 1 unspecified atom stereocenters. The predicted octanol–water partition coefficient (Wildman–Crippen LogP) is 3.17. The molecule has 0 heterocycles. The first-order valence-electron chi connectivity index (χ1n) is 7.68. The number of carbonyl (C=O) groups is 1. The van der Waals surface area contributed by atoms with Gasteiger partial charge in [0.15, 0.2) is 0 Å². The summed E-state index contributed by atoms with van der Waals surface area (Å²) in [5.74, 6) is -0.284. The highest BCUT2D eigenvalue weighted by molar-refractivity contribution is 5.86. The number of nitrogens with two attached hydrogens (primary N) is 1. The summed E-state index contributed by atoms with van der Waals surface area (Å²) in [5, 5.41) is 3.47. The zero-order chi connectivity index (χ0) is 16.0. The summed E-state index contributed by atoms with van der Waals surface area (Å²) >= 11 is 0. The molecule has 3 heteroatoms. The van der Waals surface area contributed by atoms with Crippen LogP contribution in [-0.2, 0) is 10.2 Å². The lowest BCUT2D eigenvalue weighted by Crippen LogP contribution is -2.41. The van der Waals surface area contributed by atoms with Crippen molar-refractivity contribution in [3.8, 4) is 0 Å². The van der Waals surface area contributed by atoms with Gasteiger partial charge in [-0.05, 0) is 37.9 Å². The van der Waals surface area contributed by atoms with Crippen molar-refractivity contribution in [1.29, 1.82) is 0 Å². The van der Waals surface area contributed by atoms with Crippen LogP contribution in [0, 0.1) is 0 Å². The second-order valence-electron chi connectivity index (χ2n) is 5.90. The molecule has 0 radical (unpaired) electrons. The Bertz CT molecular complexity index is 597. The van der Waals surface area contributed by atoms with Gasteiger partial charge in [-0.2, -0.15) is 0 Å². The van der Waals surface area contributed by atoms with Gasteiger partial charge in [-0.25, -0.2) is 0 Å². The van der Waals surface area contributed by atoms with Crippen molar-refractivity contribution in [1.82, 2.24) is 5.32 Å². The van der Waals surface area contributed by atoms with Crippen LogP contribution in [-0.4, -0.2) is 12.5 Å². The van der Waals surface area contributed by atoms with Crippen molar-refractivity contribution in [3.63, 3.8) is 0 Å². The summed E-state index contributed by atoms with van der Waals surface area (Å²) in [6.07, 6.45) is 0.670. The van der Waals surface area contributed by atoms with Gasteiger partial charge in [0, 0.05) is 6.04 Å². The average molecular weight is 296 g/mol. The van der Waals surface area contributed by atoms with E-state index in [4.69, 9.17) is 5.73 Å². The molecular weight excluding hydrogens is 272 g/mol. The van der Waals surface area contributed by atoms with Crippen LogP contribution in [0.4, 0.5) is 0 Å². The van der Waals surface area contributed by atoms with E-state index in [9.17, 15) is 4.79 Å². The molecule has 0 aliphatic heterocycles. The molecule has 0 aliphatic rings. The Morgan fingerprint density at radius 3 is 2.18 bits per heavy atom. The van der Waals surface area contributed by atoms with Crippen molar-refractivity contribution in [2.75, 3.05) is 6.54 Å². The first-order chi connectivity index (χ1) is 10.5. The SMILES string of the molecule is C[C@H](NCCC(C)(C(N)=O)c1ccccc1)c1ccccc1. The molecule has 0 aromatic heterocycles. The Morgan fingerprint density at radius 2 is 1.64 bits per heavy atom. The van der Waals surface area contributed by atoms with E-state index in [0.717, 1.165) is 12.1 Å². The van der Waals surface area contributed by atoms with Gasteiger partial charge < -0.3 is 11.1 Å². The van der Waals surface area contributed by atoms with Gasteiger partial charge >= 0.3 is 0 Å². The molecule has 22 heavy (non-hydrogen) atoms. The second kappa shape index (κ2) is 7.23. The summed E-state index contributed by atoms with van der Waals surface area (Å²) in [5.41, 5.74) is 7.22. The Kier molecular flexibility index (Phi) is 5.34. The average Bonchev–Trinajstić information content (AvgIpc) is 2.56. The van der Waals surface area contributed by atoms with Crippen LogP contribution < -0.4 is 11.1 Å². The third kappa shape index (κ3) is 3.74. The molecule has 2 atom stereocenters. The van der Waals surface area contributed by atoms with Gasteiger partial charge in [0.25, 0.3) is 0 Å². The Morgan fingerprint density at radius 1 is 1.09 bits per heavy atom. The van der Waals surface area contributed by atoms with Crippen LogP contribution in [0.25, 0.3) is 0 Å². The van der Waals surface area contributed by atoms with Gasteiger partial charge in [-0.1, -0.05) is 60.7 Å². The van der Waals surface area contributed by atoms with Crippen molar-refractivity contribution in [2.45, 2.75) is 31.7 Å². The van der Waals surface area contributed by atoms with E-state index < -0.39 is 5.41 Å². The summed E-state index contributed by atoms with van der Waals surface area (Å²) < 4.78 is 0. The monoisotopic (exact) mass is 296 g/mol. The maximum atomic E-state index is 12.0. The number of benzene rings is 2. The van der Waals surface area contributed by atoms with Crippen molar-refractivity contribution in [3.05, 3.63) is 71.8 Å². The van der Waals surface area contributed by atoms with E-state index in [1.54, 1.807) is 0 Å². The highest BCUT2D eigenvalue weighted by Gasteiger charge is 2.32. The Balaban J connectivity index is 2.00. The summed E-state index contributed by atoms with van der Waals surface area (Å²) in [6, 6.07) is 20.3. The van der Waals surface area contributed by atoms with Gasteiger partial charge in [0.1, 0.15) is 0 Å². The van der Waals surface area contributed by atoms with Crippen LogP contribution >= 0.6 is 0 Å². The number of primary amides is 1. The Hall–Kier alpha value is -2.13. The Labute approximate surface area is 132 Å². The van der Waals surface area contributed by atoms with E-state index in [1.165, 1.54) is 5.56 Å². The van der Waals surface area contributed by atoms with Crippen LogP contribution in [0.3, 0.4) is 0 Å². The lowest BCUT2D eigenvalue weighted by Gasteiger charge is -2.27. The topological polar surface area (TPSA) is 55.1 Å².